The number of sulfone groups is 1. The fourth-order valence-corrected chi connectivity index (χ4v) is 6.73. The van der Waals surface area contributed by atoms with E-state index in [9.17, 15) is 13.2 Å². The van der Waals surface area contributed by atoms with E-state index in [1.807, 2.05) is 19.1 Å². The molecule has 8 heteroatoms. The third kappa shape index (κ3) is 3.97. The molecule has 0 aliphatic carbocycles. The average Bonchev–Trinajstić information content (AvgIpc) is 3.21. The van der Waals surface area contributed by atoms with E-state index in [0.29, 0.717) is 17.2 Å². The van der Waals surface area contributed by atoms with Gasteiger partial charge in [-0.25, -0.2) is 8.42 Å². The van der Waals surface area contributed by atoms with Crippen molar-refractivity contribution in [3.63, 3.8) is 0 Å². The van der Waals surface area contributed by atoms with Crippen molar-refractivity contribution in [2.75, 3.05) is 19.0 Å². The van der Waals surface area contributed by atoms with Crippen LogP contribution in [0.15, 0.2) is 57.6 Å². The molecule has 2 heterocycles. The second kappa shape index (κ2) is 8.69. The summed E-state index contributed by atoms with van der Waals surface area (Å²) in [6, 6.07) is 12.1. The van der Waals surface area contributed by atoms with E-state index >= 15 is 0 Å². The van der Waals surface area contributed by atoms with Gasteiger partial charge in [-0.3, -0.25) is 4.79 Å². The van der Waals surface area contributed by atoms with Crippen LogP contribution in [0.3, 0.4) is 0 Å². The predicted octanol–water partition coefficient (Wildman–Crippen LogP) is 4.38. The van der Waals surface area contributed by atoms with Gasteiger partial charge in [-0.15, -0.1) is 17.8 Å². The van der Waals surface area contributed by atoms with E-state index in [2.05, 4.69) is 11.2 Å². The Kier molecular flexibility index (Phi) is 5.96. The minimum absolute atomic E-state index is 0.108. The second-order valence-corrected chi connectivity index (χ2v) is 10.2. The van der Waals surface area contributed by atoms with Crippen LogP contribution < -0.4 is 14.8 Å². The van der Waals surface area contributed by atoms with Crippen molar-refractivity contribution >= 4 is 32.8 Å². The standard InChI is InChI=1S/C24H21NO5S2/c1-4-10-30-19-9-8-16(12-20(19)29-3)18-13-22(26)25-23-21(14-31-24(18)23)32(27,28)17-7-5-6-15(2)11-17/h1,5-9,11-12,14,18H,10,13H2,2-3H3,(H,25,26)/t18-/m0/s1. The minimum Gasteiger partial charge on any atom is -0.493 e. The van der Waals surface area contributed by atoms with Gasteiger partial charge in [0.1, 0.15) is 11.5 Å². The number of nitrogens with one attached hydrogen (secondary N) is 1. The van der Waals surface area contributed by atoms with Crippen molar-refractivity contribution in [2.24, 2.45) is 0 Å². The van der Waals surface area contributed by atoms with Gasteiger partial charge in [0, 0.05) is 22.6 Å². The van der Waals surface area contributed by atoms with Crippen LogP contribution in [-0.2, 0) is 14.6 Å². The molecular weight excluding hydrogens is 446 g/mol. The molecule has 1 atom stereocenters. The zero-order chi connectivity index (χ0) is 22.9. The monoisotopic (exact) mass is 467 g/mol. The number of amides is 1. The van der Waals surface area contributed by atoms with Crippen LogP contribution in [0, 0.1) is 19.3 Å². The van der Waals surface area contributed by atoms with Gasteiger partial charge in [0.05, 0.1) is 17.7 Å². The summed E-state index contributed by atoms with van der Waals surface area (Å²) >= 11 is 1.32. The number of aryl methyl sites for hydroxylation is 1. The third-order valence-electron chi connectivity index (χ3n) is 5.25. The molecule has 1 N–H and O–H groups in total. The lowest BCUT2D eigenvalue weighted by Gasteiger charge is -2.24. The molecule has 3 aromatic rings. The maximum absolute atomic E-state index is 13.3. The lowest BCUT2D eigenvalue weighted by Crippen LogP contribution is -2.23. The van der Waals surface area contributed by atoms with E-state index in [1.54, 1.807) is 35.7 Å². The number of fused-ring (bicyclic) bond motifs is 1. The quantitative estimate of drug-likeness (QED) is 0.544. The highest BCUT2D eigenvalue weighted by atomic mass is 32.2. The van der Waals surface area contributed by atoms with Crippen LogP contribution in [0.25, 0.3) is 0 Å². The van der Waals surface area contributed by atoms with Gasteiger partial charge in [0.2, 0.25) is 15.7 Å². The van der Waals surface area contributed by atoms with Crippen LogP contribution in [0.5, 0.6) is 11.5 Å². The number of hydrogen-bond donors (Lipinski definition) is 1. The molecule has 0 spiro atoms. The molecule has 164 valence electrons. The van der Waals surface area contributed by atoms with Crippen molar-refractivity contribution in [3.8, 4) is 23.8 Å². The molecule has 1 amide bonds. The topological polar surface area (TPSA) is 81.7 Å². The highest BCUT2D eigenvalue weighted by molar-refractivity contribution is 7.91. The van der Waals surface area contributed by atoms with E-state index in [1.165, 1.54) is 18.4 Å². The van der Waals surface area contributed by atoms with Gasteiger partial charge < -0.3 is 14.8 Å². The lowest BCUT2D eigenvalue weighted by molar-refractivity contribution is -0.116. The number of carbonyl (C=O) groups is 1. The van der Waals surface area contributed by atoms with Gasteiger partial charge in [-0.2, -0.15) is 0 Å². The number of benzene rings is 2. The van der Waals surface area contributed by atoms with E-state index < -0.39 is 9.84 Å². The fraction of sp³-hybridized carbons (Fsp3) is 0.208. The number of thiophene rings is 1. The molecule has 0 saturated carbocycles. The van der Waals surface area contributed by atoms with E-state index in [0.717, 1.165) is 16.0 Å². The van der Waals surface area contributed by atoms with Crippen LogP contribution in [-0.4, -0.2) is 28.0 Å². The maximum atomic E-state index is 13.3. The minimum atomic E-state index is -3.79. The largest absolute Gasteiger partial charge is 0.493 e. The van der Waals surface area contributed by atoms with Crippen molar-refractivity contribution in [3.05, 3.63) is 63.8 Å². The Morgan fingerprint density at radius 3 is 2.75 bits per heavy atom. The summed E-state index contributed by atoms with van der Waals surface area (Å²) in [7, 11) is -2.26. The highest BCUT2D eigenvalue weighted by Crippen LogP contribution is 2.47. The Labute approximate surface area is 191 Å². The molecule has 2 aromatic carbocycles. The molecular formula is C24H21NO5S2. The summed E-state index contributed by atoms with van der Waals surface area (Å²) in [4.78, 5) is 13.7. The SMILES string of the molecule is C#CCOc1ccc([C@@H]2CC(=O)Nc3c(S(=O)(=O)c4cccc(C)c4)csc32)cc1OC. The smallest absolute Gasteiger partial charge is 0.225 e. The van der Waals surface area contributed by atoms with Crippen LogP contribution in [0.4, 0.5) is 5.69 Å². The number of methoxy groups -OCH3 is 1. The van der Waals surface area contributed by atoms with Gasteiger partial charge in [-0.05, 0) is 42.3 Å². The molecule has 0 radical (unpaired) electrons. The van der Waals surface area contributed by atoms with Gasteiger partial charge in [0.25, 0.3) is 0 Å². The molecule has 1 aromatic heterocycles. The highest BCUT2D eigenvalue weighted by Gasteiger charge is 2.34. The third-order valence-corrected chi connectivity index (χ3v) is 8.27. The zero-order valence-electron chi connectivity index (χ0n) is 17.5. The first kappa shape index (κ1) is 21.9. The van der Waals surface area contributed by atoms with Crippen molar-refractivity contribution < 1.29 is 22.7 Å². The lowest BCUT2D eigenvalue weighted by atomic mass is 9.90. The molecule has 1 aliphatic heterocycles. The van der Waals surface area contributed by atoms with E-state index in [-0.39, 0.29) is 34.6 Å². The number of hydrogen-bond acceptors (Lipinski definition) is 6. The number of terminal acetylenes is 1. The fourth-order valence-electron chi connectivity index (χ4n) is 3.72. The molecule has 32 heavy (non-hydrogen) atoms. The Morgan fingerprint density at radius 2 is 2.03 bits per heavy atom. The Morgan fingerprint density at radius 1 is 1.22 bits per heavy atom. The van der Waals surface area contributed by atoms with Gasteiger partial charge >= 0.3 is 0 Å². The molecule has 0 bridgehead atoms. The normalized spacial score (nSPS) is 15.4. The number of carbonyl (C=O) groups excluding carboxylic acids is 1. The number of rotatable bonds is 6. The summed E-state index contributed by atoms with van der Waals surface area (Å²) < 4.78 is 37.6. The first-order valence-corrected chi connectivity index (χ1v) is 12.2. The molecule has 0 unspecified atom stereocenters. The summed E-state index contributed by atoms with van der Waals surface area (Å²) in [5.74, 6) is 2.86. The van der Waals surface area contributed by atoms with Crippen LogP contribution >= 0.6 is 11.3 Å². The Bertz CT molecular complexity index is 1330. The predicted molar refractivity (Wildman–Crippen MR) is 123 cm³/mol. The van der Waals surface area contributed by atoms with Crippen LogP contribution in [0.2, 0.25) is 0 Å². The van der Waals surface area contributed by atoms with Crippen molar-refractivity contribution in [1.82, 2.24) is 0 Å². The molecule has 0 fully saturated rings. The average molecular weight is 468 g/mol. The maximum Gasteiger partial charge on any atom is 0.225 e. The number of ether oxygens (including phenoxy) is 2. The Hall–Kier alpha value is -3.28. The second-order valence-electron chi connectivity index (χ2n) is 7.37. The first-order chi connectivity index (χ1) is 15.3. The summed E-state index contributed by atoms with van der Waals surface area (Å²) in [5.41, 5.74) is 2.02. The molecule has 0 saturated heterocycles. The zero-order valence-corrected chi connectivity index (χ0v) is 19.2. The number of anilines is 1. The molecule has 1 aliphatic rings. The summed E-state index contributed by atoms with van der Waals surface area (Å²) in [6.45, 7) is 1.95. The Balaban J connectivity index is 1.77. The van der Waals surface area contributed by atoms with Crippen molar-refractivity contribution in [1.29, 1.82) is 0 Å². The van der Waals surface area contributed by atoms with Crippen LogP contribution in [0.1, 0.15) is 28.3 Å². The van der Waals surface area contributed by atoms with Gasteiger partial charge in [0.15, 0.2) is 11.5 Å². The van der Waals surface area contributed by atoms with E-state index in [4.69, 9.17) is 15.9 Å². The summed E-state index contributed by atoms with van der Waals surface area (Å²) in [5, 5.41) is 4.38. The molecule has 4 rings (SSSR count). The van der Waals surface area contributed by atoms with Crippen molar-refractivity contribution in [2.45, 2.75) is 29.1 Å². The molecule has 6 nitrogen and oxygen atoms in total. The van der Waals surface area contributed by atoms with Gasteiger partial charge in [-0.1, -0.05) is 24.1 Å². The summed E-state index contributed by atoms with van der Waals surface area (Å²) in [6.07, 6.45) is 5.46. The first-order valence-electron chi connectivity index (χ1n) is 9.82.